The van der Waals surface area contributed by atoms with Gasteiger partial charge in [0.25, 0.3) is 0 Å². The lowest BCUT2D eigenvalue weighted by molar-refractivity contribution is -0.0800. The average molecular weight is 137 g/mol. The zero-order chi connectivity index (χ0) is 6.91. The van der Waals surface area contributed by atoms with Gasteiger partial charge in [0.05, 0.1) is 0 Å². The lowest BCUT2D eigenvalue weighted by Crippen LogP contribution is -2.01. The van der Waals surface area contributed by atoms with Crippen LogP contribution in [-0.2, 0) is 0 Å². The third-order valence-electron chi connectivity index (χ3n) is 0.957. The molecule has 1 N–H and O–H groups in total. The predicted molar refractivity (Wildman–Crippen MR) is 27.0 cm³/mol. The highest BCUT2D eigenvalue weighted by Gasteiger charge is 2.25. The van der Waals surface area contributed by atoms with Crippen molar-refractivity contribution in [2.24, 2.45) is 0 Å². The highest BCUT2D eigenvalue weighted by atomic mass is 19.4. The summed E-state index contributed by atoms with van der Waals surface area (Å²) in [6.45, 7) is 0.673. The number of rotatable bonds is 1. The van der Waals surface area contributed by atoms with Gasteiger partial charge in [0.2, 0.25) is 0 Å². The quantitative estimate of drug-likeness (QED) is 0.424. The van der Waals surface area contributed by atoms with Crippen molar-refractivity contribution in [2.75, 3.05) is 6.54 Å². The number of halogens is 3. The van der Waals surface area contributed by atoms with Crippen LogP contribution in [0.25, 0.3) is 0 Å². The lowest BCUT2D eigenvalue weighted by Gasteiger charge is -1.94. The number of alkyl halides is 3. The van der Waals surface area contributed by atoms with Crippen molar-refractivity contribution in [2.45, 2.75) is 12.2 Å². The first-order valence-corrected chi connectivity index (χ1v) is 2.57. The van der Waals surface area contributed by atoms with Crippen LogP contribution < -0.4 is 5.32 Å². The highest BCUT2D eigenvalue weighted by molar-refractivity contribution is 5.05. The van der Waals surface area contributed by atoms with Crippen molar-refractivity contribution in [3.05, 3.63) is 12.2 Å². The van der Waals surface area contributed by atoms with Crippen molar-refractivity contribution in [1.29, 1.82) is 0 Å². The smallest absolute Gasteiger partial charge is 0.307 e. The zero-order valence-corrected chi connectivity index (χ0v) is 4.57. The van der Waals surface area contributed by atoms with E-state index in [9.17, 15) is 13.2 Å². The molecule has 9 heavy (non-hydrogen) atoms. The fourth-order valence-corrected chi connectivity index (χ4v) is 0.429. The molecule has 0 aromatic rings. The first-order chi connectivity index (χ1) is 4.08. The van der Waals surface area contributed by atoms with Crippen LogP contribution in [0.15, 0.2) is 12.2 Å². The van der Waals surface area contributed by atoms with E-state index in [0.717, 1.165) is 6.08 Å². The maximum absolute atomic E-state index is 11.3. The molecule has 1 aliphatic rings. The Bertz CT molecular complexity index is 123. The summed E-state index contributed by atoms with van der Waals surface area (Å²) in [6.07, 6.45) is -2.76. The summed E-state index contributed by atoms with van der Waals surface area (Å²) in [5.41, 5.74) is 0. The second-order valence-corrected chi connectivity index (χ2v) is 1.92. The number of hydrogen-bond donors (Lipinski definition) is 1. The van der Waals surface area contributed by atoms with E-state index in [1.54, 1.807) is 0 Å². The highest BCUT2D eigenvalue weighted by Crippen LogP contribution is 2.17. The van der Waals surface area contributed by atoms with Crippen LogP contribution in [0.5, 0.6) is 0 Å². The van der Waals surface area contributed by atoms with Gasteiger partial charge in [-0.1, -0.05) is 6.08 Å². The molecule has 0 saturated carbocycles. The summed E-state index contributed by atoms with van der Waals surface area (Å²) in [5, 5.41) is 2.72. The Morgan fingerprint density at radius 2 is 2.00 bits per heavy atom. The maximum atomic E-state index is 11.3. The largest absolute Gasteiger partial charge is 0.409 e. The van der Waals surface area contributed by atoms with Gasteiger partial charge < -0.3 is 5.32 Å². The van der Waals surface area contributed by atoms with Crippen molar-refractivity contribution < 1.29 is 13.2 Å². The zero-order valence-electron chi connectivity index (χ0n) is 4.57. The molecule has 1 atom stereocenters. The molecule has 0 aromatic heterocycles. The minimum atomic E-state index is -4.15. The Hall–Kier alpha value is -0.510. The van der Waals surface area contributed by atoms with Gasteiger partial charge in [0.1, 0.15) is 0 Å². The molecule has 0 amide bonds. The first kappa shape index (κ1) is 6.61. The molecule has 0 spiro atoms. The SMILES string of the molecule is FC(F)(F)C=CC1CN1. The van der Waals surface area contributed by atoms with Crippen molar-refractivity contribution >= 4 is 0 Å². The monoisotopic (exact) mass is 137 g/mol. The van der Waals surface area contributed by atoms with Crippen LogP contribution in [0.3, 0.4) is 0 Å². The van der Waals surface area contributed by atoms with E-state index in [0.29, 0.717) is 6.54 Å². The van der Waals surface area contributed by atoms with E-state index in [2.05, 4.69) is 5.32 Å². The average Bonchev–Trinajstić information content (AvgIpc) is 2.38. The molecule has 1 nitrogen and oxygen atoms in total. The van der Waals surface area contributed by atoms with Crippen molar-refractivity contribution in [3.8, 4) is 0 Å². The summed E-state index contributed by atoms with van der Waals surface area (Å²) >= 11 is 0. The third kappa shape index (κ3) is 3.13. The fourth-order valence-electron chi connectivity index (χ4n) is 0.429. The molecule has 52 valence electrons. The van der Waals surface area contributed by atoms with E-state index in [1.165, 1.54) is 0 Å². The summed E-state index contributed by atoms with van der Waals surface area (Å²) in [5.74, 6) is 0. The van der Waals surface area contributed by atoms with E-state index in [-0.39, 0.29) is 12.1 Å². The number of allylic oxidation sites excluding steroid dienone is 1. The minimum absolute atomic E-state index is 0.0355. The molecule has 1 aliphatic heterocycles. The standard InChI is InChI=1S/C5H6F3N/c6-5(7,8)2-1-4-3-9-4/h1-2,4,9H,3H2. The molecule has 1 heterocycles. The third-order valence-corrected chi connectivity index (χ3v) is 0.957. The van der Waals surface area contributed by atoms with Crippen LogP contribution in [-0.4, -0.2) is 18.8 Å². The molecule has 0 aromatic carbocycles. The molecule has 0 bridgehead atoms. The molecular weight excluding hydrogens is 131 g/mol. The number of nitrogens with one attached hydrogen (secondary N) is 1. The van der Waals surface area contributed by atoms with Crippen molar-refractivity contribution in [3.63, 3.8) is 0 Å². The fraction of sp³-hybridized carbons (Fsp3) is 0.600. The van der Waals surface area contributed by atoms with Gasteiger partial charge in [0, 0.05) is 18.7 Å². The summed E-state index contributed by atoms with van der Waals surface area (Å²) in [4.78, 5) is 0. The van der Waals surface area contributed by atoms with Gasteiger partial charge in [0.15, 0.2) is 0 Å². The summed E-state index contributed by atoms with van der Waals surface area (Å²) in [6, 6.07) is -0.0355. The van der Waals surface area contributed by atoms with Crippen LogP contribution >= 0.6 is 0 Å². The molecule has 0 aliphatic carbocycles. The van der Waals surface area contributed by atoms with Gasteiger partial charge in [-0.25, -0.2) is 0 Å². The minimum Gasteiger partial charge on any atom is -0.307 e. The predicted octanol–water partition coefficient (Wildman–Crippen LogP) is 1.08. The molecule has 0 radical (unpaired) electrons. The van der Waals surface area contributed by atoms with Crippen LogP contribution in [0, 0.1) is 0 Å². The first-order valence-electron chi connectivity index (χ1n) is 2.57. The Morgan fingerprint density at radius 1 is 1.44 bits per heavy atom. The van der Waals surface area contributed by atoms with Crippen LogP contribution in [0.1, 0.15) is 0 Å². The van der Waals surface area contributed by atoms with Gasteiger partial charge in [-0.2, -0.15) is 13.2 Å². The van der Waals surface area contributed by atoms with Gasteiger partial charge in [-0.15, -0.1) is 0 Å². The second kappa shape index (κ2) is 2.02. The molecule has 4 heteroatoms. The van der Waals surface area contributed by atoms with Gasteiger partial charge in [-0.05, 0) is 0 Å². The Labute approximate surface area is 50.6 Å². The molecular formula is C5H6F3N. The Kier molecular flexibility index (Phi) is 1.48. The lowest BCUT2D eigenvalue weighted by atomic mass is 10.4. The molecule has 1 fully saturated rings. The van der Waals surface area contributed by atoms with E-state index in [4.69, 9.17) is 0 Å². The van der Waals surface area contributed by atoms with Gasteiger partial charge in [-0.3, -0.25) is 0 Å². The normalized spacial score (nSPS) is 27.2. The number of hydrogen-bond acceptors (Lipinski definition) is 1. The van der Waals surface area contributed by atoms with Crippen LogP contribution in [0.2, 0.25) is 0 Å². The Morgan fingerprint density at radius 3 is 2.33 bits per heavy atom. The van der Waals surface area contributed by atoms with E-state index >= 15 is 0 Å². The molecule has 1 rings (SSSR count). The molecule has 1 unspecified atom stereocenters. The van der Waals surface area contributed by atoms with E-state index < -0.39 is 6.18 Å². The topological polar surface area (TPSA) is 21.9 Å². The van der Waals surface area contributed by atoms with Crippen molar-refractivity contribution in [1.82, 2.24) is 5.32 Å². The van der Waals surface area contributed by atoms with Gasteiger partial charge >= 0.3 is 6.18 Å². The second-order valence-electron chi connectivity index (χ2n) is 1.92. The molecule has 1 saturated heterocycles. The maximum Gasteiger partial charge on any atom is 0.409 e. The summed E-state index contributed by atoms with van der Waals surface area (Å²) in [7, 11) is 0. The Balaban J connectivity index is 2.29. The summed E-state index contributed by atoms with van der Waals surface area (Å²) < 4.78 is 34.0. The van der Waals surface area contributed by atoms with E-state index in [1.807, 2.05) is 0 Å². The van der Waals surface area contributed by atoms with Crippen LogP contribution in [0.4, 0.5) is 13.2 Å².